The van der Waals surface area contributed by atoms with E-state index in [-0.39, 0.29) is 5.91 Å². The van der Waals surface area contributed by atoms with E-state index in [1.165, 1.54) is 5.56 Å². The molecule has 1 aromatic rings. The lowest BCUT2D eigenvalue weighted by Crippen LogP contribution is -2.49. The topological polar surface area (TPSA) is 42.4 Å². The van der Waals surface area contributed by atoms with Crippen LogP contribution in [0.25, 0.3) is 0 Å². The number of nitrogens with zero attached hydrogens (tertiary/aromatic N) is 2. The molecule has 4 nitrogen and oxygen atoms in total. The van der Waals surface area contributed by atoms with Gasteiger partial charge in [0.1, 0.15) is 5.60 Å². The number of pyridine rings is 1. The minimum atomic E-state index is -0.566. The van der Waals surface area contributed by atoms with E-state index in [0.717, 1.165) is 45.4 Å². The molecule has 3 heterocycles. The van der Waals surface area contributed by atoms with Crippen molar-refractivity contribution in [3.63, 3.8) is 0 Å². The summed E-state index contributed by atoms with van der Waals surface area (Å²) in [6, 6.07) is 4.17. The summed E-state index contributed by atoms with van der Waals surface area (Å²) in [5, 5.41) is 0. The maximum absolute atomic E-state index is 12.6. The zero-order chi connectivity index (χ0) is 14.0. The Balaban J connectivity index is 1.60. The third-order valence-electron chi connectivity index (χ3n) is 4.63. The lowest BCUT2D eigenvalue weighted by Gasteiger charge is -2.36. The number of aromatic nitrogens is 1. The molecule has 0 aliphatic carbocycles. The Morgan fingerprint density at radius 1 is 1.35 bits per heavy atom. The van der Waals surface area contributed by atoms with Gasteiger partial charge >= 0.3 is 0 Å². The van der Waals surface area contributed by atoms with E-state index in [4.69, 9.17) is 4.74 Å². The van der Waals surface area contributed by atoms with Gasteiger partial charge in [-0.2, -0.15) is 0 Å². The molecular weight excluding hydrogens is 252 g/mol. The number of ether oxygens (including phenoxy) is 1. The first-order valence-corrected chi connectivity index (χ1v) is 7.52. The molecule has 0 bridgehead atoms. The monoisotopic (exact) mass is 274 g/mol. The molecule has 2 fully saturated rings. The van der Waals surface area contributed by atoms with Crippen LogP contribution < -0.4 is 0 Å². The summed E-state index contributed by atoms with van der Waals surface area (Å²) < 4.78 is 5.67. The summed E-state index contributed by atoms with van der Waals surface area (Å²) >= 11 is 0. The molecule has 108 valence electrons. The fourth-order valence-electron chi connectivity index (χ4n) is 3.33. The van der Waals surface area contributed by atoms with Crippen molar-refractivity contribution >= 4 is 5.91 Å². The molecular formula is C16H22N2O2. The Labute approximate surface area is 120 Å². The van der Waals surface area contributed by atoms with E-state index in [9.17, 15) is 4.79 Å². The average molecular weight is 274 g/mol. The first-order chi connectivity index (χ1) is 9.69. The first kappa shape index (κ1) is 13.6. The van der Waals surface area contributed by atoms with Gasteiger partial charge in [-0.25, -0.2) is 0 Å². The normalized spacial score (nSPS) is 27.8. The van der Waals surface area contributed by atoms with E-state index in [1.807, 2.05) is 24.2 Å². The van der Waals surface area contributed by atoms with Gasteiger partial charge in [-0.15, -0.1) is 0 Å². The van der Waals surface area contributed by atoms with Crippen LogP contribution in [0.4, 0.5) is 0 Å². The molecule has 20 heavy (non-hydrogen) atoms. The smallest absolute Gasteiger partial charge is 0.254 e. The fourth-order valence-corrected chi connectivity index (χ4v) is 3.33. The number of carbonyl (C=O) groups is 1. The molecule has 0 N–H and O–H groups in total. The van der Waals surface area contributed by atoms with Gasteiger partial charge in [0.15, 0.2) is 0 Å². The molecule has 0 radical (unpaired) electrons. The van der Waals surface area contributed by atoms with Crippen molar-refractivity contribution in [2.45, 2.75) is 44.1 Å². The molecule has 0 aromatic carbocycles. The highest BCUT2D eigenvalue weighted by molar-refractivity contribution is 5.85. The van der Waals surface area contributed by atoms with Crippen molar-refractivity contribution in [2.75, 3.05) is 19.7 Å². The zero-order valence-electron chi connectivity index (χ0n) is 12.0. The van der Waals surface area contributed by atoms with Crippen LogP contribution in [0.1, 0.15) is 44.1 Å². The van der Waals surface area contributed by atoms with Crippen LogP contribution in [0.5, 0.6) is 0 Å². The van der Waals surface area contributed by atoms with Crippen LogP contribution in [0.3, 0.4) is 0 Å². The van der Waals surface area contributed by atoms with E-state index in [2.05, 4.69) is 17.1 Å². The van der Waals surface area contributed by atoms with Gasteiger partial charge in [-0.3, -0.25) is 9.78 Å². The Morgan fingerprint density at radius 2 is 2.05 bits per heavy atom. The summed E-state index contributed by atoms with van der Waals surface area (Å²) in [5.41, 5.74) is 0.777. The number of rotatable bonds is 2. The van der Waals surface area contributed by atoms with Crippen LogP contribution in [0, 0.1) is 0 Å². The zero-order valence-corrected chi connectivity index (χ0v) is 12.0. The number of piperidine rings is 1. The van der Waals surface area contributed by atoms with Crippen molar-refractivity contribution in [2.24, 2.45) is 0 Å². The molecule has 4 heteroatoms. The third kappa shape index (κ3) is 2.57. The van der Waals surface area contributed by atoms with Gasteiger partial charge in [-0.1, -0.05) is 0 Å². The van der Waals surface area contributed by atoms with Crippen molar-refractivity contribution in [3.05, 3.63) is 30.1 Å². The van der Waals surface area contributed by atoms with Crippen molar-refractivity contribution in [1.29, 1.82) is 0 Å². The highest BCUT2D eigenvalue weighted by atomic mass is 16.5. The minimum absolute atomic E-state index is 0.183. The number of hydrogen-bond donors (Lipinski definition) is 0. The number of likely N-dealkylation sites (tertiary alicyclic amines) is 1. The predicted octanol–water partition coefficient (Wildman–Crippen LogP) is 2.36. The van der Waals surface area contributed by atoms with E-state index < -0.39 is 5.60 Å². The fraction of sp³-hybridized carbons (Fsp3) is 0.625. The van der Waals surface area contributed by atoms with Crippen molar-refractivity contribution in [1.82, 2.24) is 9.88 Å². The highest BCUT2D eigenvalue weighted by Crippen LogP contribution is 2.32. The Bertz CT molecular complexity index is 461. The molecule has 2 aliphatic rings. The second-order valence-corrected chi connectivity index (χ2v) is 6.03. The lowest BCUT2D eigenvalue weighted by atomic mass is 9.89. The molecule has 2 saturated heterocycles. The lowest BCUT2D eigenvalue weighted by molar-refractivity contribution is -0.152. The predicted molar refractivity (Wildman–Crippen MR) is 76.4 cm³/mol. The summed E-state index contributed by atoms with van der Waals surface area (Å²) in [6.45, 7) is 4.34. The van der Waals surface area contributed by atoms with E-state index >= 15 is 0 Å². The van der Waals surface area contributed by atoms with Crippen molar-refractivity contribution < 1.29 is 9.53 Å². The number of hydrogen-bond acceptors (Lipinski definition) is 3. The summed E-state index contributed by atoms with van der Waals surface area (Å²) in [7, 11) is 0. The summed E-state index contributed by atoms with van der Waals surface area (Å²) in [4.78, 5) is 18.6. The molecule has 3 rings (SSSR count). The van der Waals surface area contributed by atoms with Gasteiger partial charge in [0.25, 0.3) is 5.91 Å². The van der Waals surface area contributed by atoms with Crippen LogP contribution in [0.2, 0.25) is 0 Å². The standard InChI is InChI=1S/C16H22N2O2/c1-16(7-2-12-20-16)15(19)18-10-5-14(6-11-18)13-3-8-17-9-4-13/h3-4,8-9,14H,2,5-7,10-12H2,1H3. The molecule has 0 spiro atoms. The molecule has 1 unspecified atom stereocenters. The molecule has 2 aliphatic heterocycles. The highest BCUT2D eigenvalue weighted by Gasteiger charge is 2.41. The van der Waals surface area contributed by atoms with Crippen LogP contribution in [-0.4, -0.2) is 41.1 Å². The van der Waals surface area contributed by atoms with Crippen LogP contribution >= 0.6 is 0 Å². The van der Waals surface area contributed by atoms with E-state index in [1.54, 1.807) is 0 Å². The molecule has 1 amide bonds. The largest absolute Gasteiger partial charge is 0.365 e. The maximum Gasteiger partial charge on any atom is 0.254 e. The minimum Gasteiger partial charge on any atom is -0.365 e. The average Bonchev–Trinajstić information content (AvgIpc) is 2.96. The van der Waals surface area contributed by atoms with Gasteiger partial charge < -0.3 is 9.64 Å². The van der Waals surface area contributed by atoms with Gasteiger partial charge in [-0.05, 0) is 56.2 Å². The third-order valence-corrected chi connectivity index (χ3v) is 4.63. The van der Waals surface area contributed by atoms with E-state index in [0.29, 0.717) is 5.92 Å². The Kier molecular flexibility index (Phi) is 3.74. The maximum atomic E-state index is 12.6. The quantitative estimate of drug-likeness (QED) is 0.831. The Morgan fingerprint density at radius 3 is 2.65 bits per heavy atom. The van der Waals surface area contributed by atoms with Crippen LogP contribution in [-0.2, 0) is 9.53 Å². The van der Waals surface area contributed by atoms with Gasteiger partial charge in [0.05, 0.1) is 0 Å². The second-order valence-electron chi connectivity index (χ2n) is 6.03. The van der Waals surface area contributed by atoms with Crippen molar-refractivity contribution in [3.8, 4) is 0 Å². The summed E-state index contributed by atoms with van der Waals surface area (Å²) in [6.07, 6.45) is 7.62. The van der Waals surface area contributed by atoms with Gasteiger partial charge in [0.2, 0.25) is 0 Å². The first-order valence-electron chi connectivity index (χ1n) is 7.52. The SMILES string of the molecule is CC1(C(=O)N2CCC(c3ccncc3)CC2)CCCO1. The number of carbonyl (C=O) groups excluding carboxylic acids is 1. The summed E-state index contributed by atoms with van der Waals surface area (Å²) in [5.74, 6) is 0.738. The van der Waals surface area contributed by atoms with Crippen LogP contribution in [0.15, 0.2) is 24.5 Å². The van der Waals surface area contributed by atoms with Gasteiger partial charge in [0, 0.05) is 32.1 Å². The second kappa shape index (κ2) is 5.52. The molecule has 1 atom stereocenters. The molecule has 0 saturated carbocycles. The molecule has 1 aromatic heterocycles. The number of amides is 1. The Hall–Kier alpha value is -1.42.